The molecule has 0 saturated heterocycles. The zero-order chi connectivity index (χ0) is 10.3. The summed E-state index contributed by atoms with van der Waals surface area (Å²) in [5.41, 5.74) is 0. The molecule has 1 unspecified atom stereocenters. The molecule has 0 aromatic rings. The van der Waals surface area contributed by atoms with Gasteiger partial charge in [-0.05, 0) is 39.4 Å². The Balaban J connectivity index is 3.76. The van der Waals surface area contributed by atoms with E-state index in [4.69, 9.17) is 0 Å². The van der Waals surface area contributed by atoms with Crippen molar-refractivity contribution in [3.8, 4) is 0 Å². The van der Waals surface area contributed by atoms with Crippen LogP contribution in [-0.4, -0.2) is 30.3 Å². The Kier molecular flexibility index (Phi) is 6.87. The molecule has 0 aliphatic carbocycles. The first kappa shape index (κ1) is 12.6. The highest BCUT2D eigenvalue weighted by Crippen LogP contribution is 2.10. The first-order valence-electron chi connectivity index (χ1n) is 5.38. The third kappa shape index (κ3) is 5.04. The van der Waals surface area contributed by atoms with Crippen molar-refractivity contribution in [3.05, 3.63) is 0 Å². The van der Waals surface area contributed by atoms with Gasteiger partial charge in [0.25, 0.3) is 0 Å². The van der Waals surface area contributed by atoms with Gasteiger partial charge in [0.1, 0.15) is 5.78 Å². The number of Topliss-reactive ketones (excluding diaryl/α,β-unsaturated/α-hetero) is 1. The second-order valence-electron chi connectivity index (χ2n) is 3.53. The van der Waals surface area contributed by atoms with Crippen LogP contribution in [0.3, 0.4) is 0 Å². The molecular weight excluding hydrogens is 162 g/mol. The maximum atomic E-state index is 11.1. The van der Waals surface area contributed by atoms with E-state index in [1.54, 1.807) is 6.92 Å². The number of nitrogens with zero attached hydrogens (tertiary/aromatic N) is 1. The van der Waals surface area contributed by atoms with Gasteiger partial charge in [0, 0.05) is 5.92 Å². The second kappa shape index (κ2) is 7.07. The van der Waals surface area contributed by atoms with E-state index in [1.807, 2.05) is 0 Å². The van der Waals surface area contributed by atoms with Gasteiger partial charge in [-0.3, -0.25) is 4.79 Å². The van der Waals surface area contributed by atoms with Crippen molar-refractivity contribution in [2.45, 2.75) is 40.5 Å². The molecule has 13 heavy (non-hydrogen) atoms. The standard InChI is InChI=1S/C11H23NO/c1-5-11(10(4)13)8-9-12(6-2)7-3/h11H,5-9H2,1-4H3. The highest BCUT2D eigenvalue weighted by Gasteiger charge is 2.12. The summed E-state index contributed by atoms with van der Waals surface area (Å²) in [6, 6.07) is 0. The first-order valence-corrected chi connectivity index (χ1v) is 5.38. The predicted octanol–water partition coefficient (Wildman–Crippen LogP) is 2.33. The Bertz CT molecular complexity index is 141. The highest BCUT2D eigenvalue weighted by atomic mass is 16.1. The maximum absolute atomic E-state index is 11.1. The minimum Gasteiger partial charge on any atom is -0.304 e. The number of hydrogen-bond acceptors (Lipinski definition) is 2. The molecule has 0 aromatic carbocycles. The summed E-state index contributed by atoms with van der Waals surface area (Å²) in [7, 11) is 0. The van der Waals surface area contributed by atoms with E-state index < -0.39 is 0 Å². The fourth-order valence-corrected chi connectivity index (χ4v) is 1.57. The van der Waals surface area contributed by atoms with Crippen molar-refractivity contribution in [2.75, 3.05) is 19.6 Å². The molecule has 0 N–H and O–H groups in total. The van der Waals surface area contributed by atoms with Crippen LogP contribution in [0.2, 0.25) is 0 Å². The zero-order valence-corrected chi connectivity index (χ0v) is 9.47. The average Bonchev–Trinajstić information content (AvgIpc) is 2.12. The van der Waals surface area contributed by atoms with E-state index in [0.717, 1.165) is 32.5 Å². The van der Waals surface area contributed by atoms with Gasteiger partial charge in [0.15, 0.2) is 0 Å². The number of carbonyl (C=O) groups excluding carboxylic acids is 1. The van der Waals surface area contributed by atoms with Gasteiger partial charge in [0.2, 0.25) is 0 Å². The van der Waals surface area contributed by atoms with Gasteiger partial charge < -0.3 is 4.90 Å². The van der Waals surface area contributed by atoms with Gasteiger partial charge >= 0.3 is 0 Å². The number of carbonyl (C=O) groups is 1. The van der Waals surface area contributed by atoms with Crippen molar-refractivity contribution in [1.29, 1.82) is 0 Å². The Morgan fingerprint density at radius 2 is 1.77 bits per heavy atom. The molecule has 0 saturated carbocycles. The van der Waals surface area contributed by atoms with Crippen LogP contribution in [0.5, 0.6) is 0 Å². The van der Waals surface area contributed by atoms with Gasteiger partial charge in [-0.2, -0.15) is 0 Å². The number of ketones is 1. The fraction of sp³-hybridized carbons (Fsp3) is 0.909. The third-order valence-corrected chi connectivity index (χ3v) is 2.76. The predicted molar refractivity (Wildman–Crippen MR) is 56.9 cm³/mol. The summed E-state index contributed by atoms with van der Waals surface area (Å²) in [6.45, 7) is 11.4. The lowest BCUT2D eigenvalue weighted by atomic mass is 9.98. The SMILES string of the molecule is CCC(CCN(CC)CC)C(C)=O. The summed E-state index contributed by atoms with van der Waals surface area (Å²) in [5, 5.41) is 0. The molecule has 0 rings (SSSR count). The van der Waals surface area contributed by atoms with Crippen LogP contribution in [0.15, 0.2) is 0 Å². The molecule has 0 fully saturated rings. The topological polar surface area (TPSA) is 20.3 Å². The Labute approximate surface area is 82.3 Å². The summed E-state index contributed by atoms with van der Waals surface area (Å²) in [5.74, 6) is 0.621. The van der Waals surface area contributed by atoms with Crippen LogP contribution >= 0.6 is 0 Å². The van der Waals surface area contributed by atoms with Crippen LogP contribution in [0.4, 0.5) is 0 Å². The summed E-state index contributed by atoms with van der Waals surface area (Å²) < 4.78 is 0. The number of rotatable bonds is 7. The maximum Gasteiger partial charge on any atom is 0.132 e. The van der Waals surface area contributed by atoms with Crippen LogP contribution in [0.25, 0.3) is 0 Å². The summed E-state index contributed by atoms with van der Waals surface area (Å²) in [6.07, 6.45) is 2.00. The van der Waals surface area contributed by atoms with E-state index in [9.17, 15) is 4.79 Å². The smallest absolute Gasteiger partial charge is 0.132 e. The molecule has 0 aromatic heterocycles. The molecule has 1 atom stereocenters. The Hall–Kier alpha value is -0.370. The van der Waals surface area contributed by atoms with E-state index in [-0.39, 0.29) is 5.92 Å². The first-order chi connectivity index (χ1) is 6.15. The average molecular weight is 185 g/mol. The van der Waals surface area contributed by atoms with Crippen LogP contribution in [0, 0.1) is 5.92 Å². The van der Waals surface area contributed by atoms with Crippen LogP contribution in [-0.2, 0) is 4.79 Å². The molecule has 2 nitrogen and oxygen atoms in total. The van der Waals surface area contributed by atoms with E-state index >= 15 is 0 Å². The molecule has 0 aliphatic heterocycles. The monoisotopic (exact) mass is 185 g/mol. The van der Waals surface area contributed by atoms with Crippen molar-refractivity contribution in [2.24, 2.45) is 5.92 Å². The molecule has 0 radical (unpaired) electrons. The van der Waals surface area contributed by atoms with Gasteiger partial charge in [-0.15, -0.1) is 0 Å². The van der Waals surface area contributed by atoms with Crippen molar-refractivity contribution < 1.29 is 4.79 Å². The van der Waals surface area contributed by atoms with Gasteiger partial charge in [-0.25, -0.2) is 0 Å². The van der Waals surface area contributed by atoms with Gasteiger partial charge in [0.05, 0.1) is 0 Å². The minimum absolute atomic E-state index is 0.278. The molecule has 0 heterocycles. The van der Waals surface area contributed by atoms with E-state index in [0.29, 0.717) is 5.78 Å². The molecule has 0 aliphatic rings. The van der Waals surface area contributed by atoms with E-state index in [1.165, 1.54) is 0 Å². The van der Waals surface area contributed by atoms with Crippen LogP contribution in [0.1, 0.15) is 40.5 Å². The zero-order valence-electron chi connectivity index (χ0n) is 9.47. The molecular formula is C11H23NO. The Morgan fingerprint density at radius 3 is 2.08 bits per heavy atom. The summed E-state index contributed by atoms with van der Waals surface area (Å²) in [4.78, 5) is 13.5. The lowest BCUT2D eigenvalue weighted by Crippen LogP contribution is -2.27. The largest absolute Gasteiger partial charge is 0.304 e. The Morgan fingerprint density at radius 1 is 1.23 bits per heavy atom. The van der Waals surface area contributed by atoms with Crippen molar-refractivity contribution in [1.82, 2.24) is 4.90 Å². The molecule has 2 heteroatoms. The van der Waals surface area contributed by atoms with E-state index in [2.05, 4.69) is 25.7 Å². The quantitative estimate of drug-likeness (QED) is 0.606. The van der Waals surface area contributed by atoms with Gasteiger partial charge in [-0.1, -0.05) is 20.8 Å². The second-order valence-corrected chi connectivity index (χ2v) is 3.53. The molecule has 0 spiro atoms. The lowest BCUT2D eigenvalue weighted by molar-refractivity contribution is -0.121. The lowest BCUT2D eigenvalue weighted by Gasteiger charge is -2.20. The van der Waals surface area contributed by atoms with Crippen molar-refractivity contribution >= 4 is 5.78 Å². The minimum atomic E-state index is 0.278. The highest BCUT2D eigenvalue weighted by molar-refractivity contribution is 5.78. The van der Waals surface area contributed by atoms with Crippen molar-refractivity contribution in [3.63, 3.8) is 0 Å². The fourth-order valence-electron chi connectivity index (χ4n) is 1.57. The molecule has 78 valence electrons. The number of hydrogen-bond donors (Lipinski definition) is 0. The summed E-state index contributed by atoms with van der Waals surface area (Å²) >= 11 is 0. The normalized spacial score (nSPS) is 13.3. The molecule has 0 bridgehead atoms. The third-order valence-electron chi connectivity index (χ3n) is 2.76. The van der Waals surface area contributed by atoms with Crippen LogP contribution < -0.4 is 0 Å². The molecule has 0 amide bonds.